The molecule has 5 nitrogen and oxygen atoms in total. The summed E-state index contributed by atoms with van der Waals surface area (Å²) in [6, 6.07) is 1.35. The van der Waals surface area contributed by atoms with E-state index in [0.29, 0.717) is 16.8 Å². The van der Waals surface area contributed by atoms with Crippen molar-refractivity contribution in [1.29, 1.82) is 0 Å². The maximum Gasteiger partial charge on any atom is 0.288 e. The fourth-order valence-corrected chi connectivity index (χ4v) is 1.66. The van der Waals surface area contributed by atoms with E-state index in [2.05, 4.69) is 5.32 Å². The number of aryl methyl sites for hydroxylation is 1. The largest absolute Gasteiger partial charge is 0.326 e. The Morgan fingerprint density at radius 2 is 2.06 bits per heavy atom. The van der Waals surface area contributed by atoms with E-state index in [1.165, 1.54) is 13.0 Å². The Labute approximate surface area is 97.6 Å². The van der Waals surface area contributed by atoms with Gasteiger partial charge in [-0.2, -0.15) is 0 Å². The van der Waals surface area contributed by atoms with Crippen molar-refractivity contribution >= 4 is 28.9 Å². The Balaban J connectivity index is 3.39. The molecule has 0 aromatic heterocycles. The van der Waals surface area contributed by atoms with E-state index in [4.69, 9.17) is 11.6 Å². The topological polar surface area (TPSA) is 72.2 Å². The predicted octanol–water partition coefficient (Wildman–Crippen LogP) is 2.82. The summed E-state index contributed by atoms with van der Waals surface area (Å²) in [5.74, 6) is -0.240. The van der Waals surface area contributed by atoms with E-state index in [-0.39, 0.29) is 16.6 Å². The van der Waals surface area contributed by atoms with Crippen LogP contribution in [0.2, 0.25) is 5.02 Å². The van der Waals surface area contributed by atoms with E-state index in [1.54, 1.807) is 13.8 Å². The first-order valence-corrected chi connectivity index (χ1v) is 4.94. The molecule has 0 radical (unpaired) electrons. The maximum atomic E-state index is 11.0. The van der Waals surface area contributed by atoms with Crippen molar-refractivity contribution in [2.45, 2.75) is 20.8 Å². The molecule has 1 N–H and O–H groups in total. The summed E-state index contributed by atoms with van der Waals surface area (Å²) in [5.41, 5.74) is 1.50. The third-order valence-corrected chi connectivity index (χ3v) is 2.65. The maximum absolute atomic E-state index is 11.0. The third kappa shape index (κ3) is 2.30. The molecule has 0 aliphatic carbocycles. The van der Waals surface area contributed by atoms with Crippen molar-refractivity contribution in [1.82, 2.24) is 0 Å². The number of halogens is 1. The molecular weight excluding hydrogens is 232 g/mol. The van der Waals surface area contributed by atoms with Gasteiger partial charge in [-0.25, -0.2) is 0 Å². The molecule has 0 aliphatic rings. The summed E-state index contributed by atoms with van der Waals surface area (Å²) in [6.45, 7) is 4.68. The summed E-state index contributed by atoms with van der Waals surface area (Å²) in [4.78, 5) is 21.1. The number of amides is 1. The molecule has 1 aromatic carbocycles. The summed E-state index contributed by atoms with van der Waals surface area (Å²) in [7, 11) is 0. The lowest BCUT2D eigenvalue weighted by Gasteiger charge is -2.11. The summed E-state index contributed by atoms with van der Waals surface area (Å²) < 4.78 is 0. The number of nitrogens with one attached hydrogen (secondary N) is 1. The smallest absolute Gasteiger partial charge is 0.288 e. The van der Waals surface area contributed by atoms with Crippen molar-refractivity contribution < 1.29 is 9.72 Å². The van der Waals surface area contributed by atoms with E-state index in [0.717, 1.165) is 0 Å². The second-order valence-electron chi connectivity index (χ2n) is 3.46. The zero-order valence-corrected chi connectivity index (χ0v) is 9.88. The standard InChI is InChI=1S/C10H11ClN2O3/c1-5-4-8(13(15)16)9(11)6(2)10(5)12-7(3)14/h4H,1-3H3,(H,12,14). The molecule has 1 amide bonds. The van der Waals surface area contributed by atoms with Crippen molar-refractivity contribution in [2.24, 2.45) is 0 Å². The fraction of sp³-hybridized carbons (Fsp3) is 0.300. The molecule has 0 saturated carbocycles. The number of nitro groups is 1. The number of hydrogen-bond acceptors (Lipinski definition) is 3. The number of nitrogens with zero attached hydrogens (tertiary/aromatic N) is 1. The van der Waals surface area contributed by atoms with Gasteiger partial charge in [-0.15, -0.1) is 0 Å². The van der Waals surface area contributed by atoms with Gasteiger partial charge in [0.1, 0.15) is 5.02 Å². The van der Waals surface area contributed by atoms with Gasteiger partial charge < -0.3 is 5.32 Å². The molecule has 86 valence electrons. The Hall–Kier alpha value is -1.62. The van der Waals surface area contributed by atoms with Gasteiger partial charge in [0.2, 0.25) is 5.91 Å². The lowest BCUT2D eigenvalue weighted by Crippen LogP contribution is -2.09. The van der Waals surface area contributed by atoms with Gasteiger partial charge in [0.15, 0.2) is 0 Å². The highest BCUT2D eigenvalue weighted by Gasteiger charge is 2.19. The highest BCUT2D eigenvalue weighted by atomic mass is 35.5. The number of carbonyl (C=O) groups is 1. The summed E-state index contributed by atoms with van der Waals surface area (Å²) in [5, 5.41) is 13.4. The van der Waals surface area contributed by atoms with Crippen LogP contribution in [0, 0.1) is 24.0 Å². The minimum atomic E-state index is -0.542. The number of hydrogen-bond donors (Lipinski definition) is 1. The van der Waals surface area contributed by atoms with Crippen LogP contribution in [-0.4, -0.2) is 10.8 Å². The van der Waals surface area contributed by atoms with Crippen LogP contribution in [0.15, 0.2) is 6.07 Å². The van der Waals surface area contributed by atoms with Crippen LogP contribution in [0.5, 0.6) is 0 Å². The normalized spacial score (nSPS) is 10.0. The molecule has 0 heterocycles. The van der Waals surface area contributed by atoms with Gasteiger partial charge in [-0.05, 0) is 25.0 Å². The molecule has 6 heteroatoms. The van der Waals surface area contributed by atoms with Crippen LogP contribution < -0.4 is 5.32 Å². The number of carbonyl (C=O) groups excluding carboxylic acids is 1. The third-order valence-electron chi connectivity index (χ3n) is 2.17. The van der Waals surface area contributed by atoms with Crippen molar-refractivity contribution in [3.05, 3.63) is 32.3 Å². The molecular formula is C10H11ClN2O3. The average molecular weight is 243 g/mol. The molecule has 0 fully saturated rings. The molecule has 0 unspecified atom stereocenters. The van der Waals surface area contributed by atoms with Crippen LogP contribution in [0.1, 0.15) is 18.1 Å². The van der Waals surface area contributed by atoms with Crippen LogP contribution >= 0.6 is 11.6 Å². The Morgan fingerprint density at radius 3 is 2.50 bits per heavy atom. The van der Waals surface area contributed by atoms with E-state index >= 15 is 0 Å². The first-order chi connectivity index (χ1) is 7.34. The van der Waals surface area contributed by atoms with Gasteiger partial charge in [-0.1, -0.05) is 11.6 Å². The van der Waals surface area contributed by atoms with Gasteiger partial charge in [0.05, 0.1) is 4.92 Å². The molecule has 0 saturated heterocycles. The number of anilines is 1. The Kier molecular flexibility index (Phi) is 3.49. The number of rotatable bonds is 2. The molecule has 1 aromatic rings. The zero-order chi connectivity index (χ0) is 12.5. The van der Waals surface area contributed by atoms with Gasteiger partial charge >= 0.3 is 0 Å². The Morgan fingerprint density at radius 1 is 1.50 bits per heavy atom. The molecule has 16 heavy (non-hydrogen) atoms. The second-order valence-corrected chi connectivity index (χ2v) is 3.84. The second kappa shape index (κ2) is 4.49. The number of nitro benzene ring substituents is 1. The van der Waals surface area contributed by atoms with Crippen LogP contribution in [-0.2, 0) is 4.79 Å². The van der Waals surface area contributed by atoms with Gasteiger partial charge in [-0.3, -0.25) is 14.9 Å². The summed E-state index contributed by atoms with van der Waals surface area (Å²) in [6.07, 6.45) is 0. The van der Waals surface area contributed by atoms with E-state index < -0.39 is 4.92 Å². The minimum Gasteiger partial charge on any atom is -0.326 e. The molecule has 0 atom stereocenters. The lowest BCUT2D eigenvalue weighted by molar-refractivity contribution is -0.384. The first kappa shape index (κ1) is 12.4. The number of benzene rings is 1. The predicted molar refractivity (Wildman–Crippen MR) is 61.9 cm³/mol. The van der Waals surface area contributed by atoms with Gasteiger partial charge in [0, 0.05) is 18.7 Å². The molecule has 0 bridgehead atoms. The van der Waals surface area contributed by atoms with Crippen molar-refractivity contribution in [3.8, 4) is 0 Å². The Bertz CT molecular complexity index is 472. The quantitative estimate of drug-likeness (QED) is 0.640. The average Bonchev–Trinajstić information content (AvgIpc) is 2.17. The van der Waals surface area contributed by atoms with Crippen LogP contribution in [0.25, 0.3) is 0 Å². The lowest BCUT2D eigenvalue weighted by atomic mass is 10.1. The molecule has 1 rings (SSSR count). The SMILES string of the molecule is CC(=O)Nc1c(C)cc([N+](=O)[O-])c(Cl)c1C. The van der Waals surface area contributed by atoms with Crippen molar-refractivity contribution in [3.63, 3.8) is 0 Å². The molecule has 0 spiro atoms. The summed E-state index contributed by atoms with van der Waals surface area (Å²) >= 11 is 5.86. The fourth-order valence-electron chi connectivity index (χ4n) is 1.44. The highest BCUT2D eigenvalue weighted by molar-refractivity contribution is 6.34. The monoisotopic (exact) mass is 242 g/mol. The van der Waals surface area contributed by atoms with Crippen molar-refractivity contribution in [2.75, 3.05) is 5.32 Å². The highest BCUT2D eigenvalue weighted by Crippen LogP contribution is 2.35. The van der Waals surface area contributed by atoms with Crippen LogP contribution in [0.3, 0.4) is 0 Å². The first-order valence-electron chi connectivity index (χ1n) is 4.56. The van der Waals surface area contributed by atoms with E-state index in [1.807, 2.05) is 0 Å². The zero-order valence-electron chi connectivity index (χ0n) is 9.13. The molecule has 0 aliphatic heterocycles. The minimum absolute atomic E-state index is 0.0550. The van der Waals surface area contributed by atoms with E-state index in [9.17, 15) is 14.9 Å². The van der Waals surface area contributed by atoms with Crippen LogP contribution in [0.4, 0.5) is 11.4 Å². The van der Waals surface area contributed by atoms with Gasteiger partial charge in [0.25, 0.3) is 5.69 Å².